The van der Waals surface area contributed by atoms with E-state index in [2.05, 4.69) is 9.98 Å². The van der Waals surface area contributed by atoms with Crippen molar-refractivity contribution in [1.29, 1.82) is 0 Å². The number of aliphatic imine (C=N–C) groups is 1. The van der Waals surface area contributed by atoms with Gasteiger partial charge in [0.15, 0.2) is 0 Å². The SMILES string of the molecule is COc1ccccc1C(C)/N=C\c1ccc(C)cn1. The van der Waals surface area contributed by atoms with Crippen LogP contribution in [0.5, 0.6) is 5.75 Å². The normalized spacial score (nSPS) is 12.6. The third-order valence-corrected chi connectivity index (χ3v) is 2.95. The Morgan fingerprint density at radius 3 is 2.68 bits per heavy atom. The summed E-state index contributed by atoms with van der Waals surface area (Å²) in [6, 6.07) is 12.0. The molecule has 98 valence electrons. The van der Waals surface area contributed by atoms with Crippen molar-refractivity contribution < 1.29 is 4.74 Å². The Labute approximate surface area is 114 Å². The van der Waals surface area contributed by atoms with E-state index >= 15 is 0 Å². The van der Waals surface area contributed by atoms with Crippen LogP contribution in [0.25, 0.3) is 0 Å². The van der Waals surface area contributed by atoms with Gasteiger partial charge in [-0.3, -0.25) is 9.98 Å². The zero-order valence-corrected chi connectivity index (χ0v) is 11.5. The fourth-order valence-electron chi connectivity index (χ4n) is 1.84. The second-order valence-electron chi connectivity index (χ2n) is 4.46. The molecule has 1 heterocycles. The number of methoxy groups -OCH3 is 1. The predicted octanol–water partition coefficient (Wildman–Crippen LogP) is 3.58. The maximum atomic E-state index is 5.34. The van der Waals surface area contributed by atoms with Gasteiger partial charge >= 0.3 is 0 Å². The van der Waals surface area contributed by atoms with Crippen molar-refractivity contribution in [2.45, 2.75) is 19.9 Å². The molecule has 2 aromatic rings. The molecule has 2 rings (SSSR count). The Kier molecular flexibility index (Phi) is 4.29. The average Bonchev–Trinajstić information content (AvgIpc) is 2.46. The van der Waals surface area contributed by atoms with E-state index in [-0.39, 0.29) is 6.04 Å². The van der Waals surface area contributed by atoms with Gasteiger partial charge in [-0.25, -0.2) is 0 Å². The number of nitrogens with zero attached hydrogens (tertiary/aromatic N) is 2. The van der Waals surface area contributed by atoms with Crippen molar-refractivity contribution >= 4 is 6.21 Å². The van der Waals surface area contributed by atoms with E-state index in [1.165, 1.54) is 0 Å². The monoisotopic (exact) mass is 254 g/mol. The van der Waals surface area contributed by atoms with Gasteiger partial charge in [-0.1, -0.05) is 24.3 Å². The first-order valence-electron chi connectivity index (χ1n) is 6.29. The van der Waals surface area contributed by atoms with Crippen LogP contribution >= 0.6 is 0 Å². The molecular formula is C16H18N2O. The number of rotatable bonds is 4. The van der Waals surface area contributed by atoms with E-state index in [4.69, 9.17) is 4.74 Å². The quantitative estimate of drug-likeness (QED) is 0.782. The molecule has 1 aromatic heterocycles. The van der Waals surface area contributed by atoms with Crippen molar-refractivity contribution in [3.05, 3.63) is 59.4 Å². The molecule has 0 spiro atoms. The van der Waals surface area contributed by atoms with Gasteiger partial charge in [-0.2, -0.15) is 0 Å². The fraction of sp³-hybridized carbons (Fsp3) is 0.250. The van der Waals surface area contributed by atoms with Gasteiger partial charge in [0, 0.05) is 18.0 Å². The molecule has 0 amide bonds. The minimum absolute atomic E-state index is 0.0410. The van der Waals surface area contributed by atoms with Gasteiger partial charge in [0.1, 0.15) is 5.75 Å². The predicted molar refractivity (Wildman–Crippen MR) is 78.0 cm³/mol. The lowest BCUT2D eigenvalue weighted by atomic mass is 10.1. The summed E-state index contributed by atoms with van der Waals surface area (Å²) >= 11 is 0. The van der Waals surface area contributed by atoms with Gasteiger partial charge in [0.2, 0.25) is 0 Å². The van der Waals surface area contributed by atoms with E-state index in [0.717, 1.165) is 22.6 Å². The highest BCUT2D eigenvalue weighted by molar-refractivity contribution is 5.77. The number of hydrogen-bond acceptors (Lipinski definition) is 3. The molecule has 19 heavy (non-hydrogen) atoms. The van der Waals surface area contributed by atoms with Crippen LogP contribution in [-0.4, -0.2) is 18.3 Å². The zero-order valence-electron chi connectivity index (χ0n) is 11.5. The largest absolute Gasteiger partial charge is 0.496 e. The third-order valence-electron chi connectivity index (χ3n) is 2.95. The van der Waals surface area contributed by atoms with E-state index in [1.807, 2.05) is 56.4 Å². The van der Waals surface area contributed by atoms with Gasteiger partial charge in [-0.05, 0) is 31.5 Å². The molecule has 0 bridgehead atoms. The van der Waals surface area contributed by atoms with Gasteiger partial charge in [-0.15, -0.1) is 0 Å². The number of benzene rings is 1. The molecule has 0 fully saturated rings. The molecule has 3 nitrogen and oxygen atoms in total. The summed E-state index contributed by atoms with van der Waals surface area (Å²) < 4.78 is 5.34. The highest BCUT2D eigenvalue weighted by atomic mass is 16.5. The van der Waals surface area contributed by atoms with E-state index < -0.39 is 0 Å². The fourth-order valence-corrected chi connectivity index (χ4v) is 1.84. The summed E-state index contributed by atoms with van der Waals surface area (Å²) in [4.78, 5) is 8.84. The molecule has 3 heteroatoms. The van der Waals surface area contributed by atoms with Crippen molar-refractivity contribution in [2.24, 2.45) is 4.99 Å². The lowest BCUT2D eigenvalue weighted by molar-refractivity contribution is 0.407. The maximum absolute atomic E-state index is 5.34. The minimum atomic E-state index is 0.0410. The molecule has 0 aliphatic rings. The van der Waals surface area contributed by atoms with Crippen LogP contribution in [-0.2, 0) is 0 Å². The molecule has 0 saturated carbocycles. The Bertz CT molecular complexity index is 561. The van der Waals surface area contributed by atoms with Crippen molar-refractivity contribution in [3.8, 4) is 5.75 Å². The summed E-state index contributed by atoms with van der Waals surface area (Å²) in [5.74, 6) is 0.865. The topological polar surface area (TPSA) is 34.5 Å². The first kappa shape index (κ1) is 13.3. The van der Waals surface area contributed by atoms with Crippen molar-refractivity contribution in [1.82, 2.24) is 4.98 Å². The third kappa shape index (κ3) is 3.41. The minimum Gasteiger partial charge on any atom is -0.496 e. The van der Waals surface area contributed by atoms with E-state index in [0.29, 0.717) is 0 Å². The summed E-state index contributed by atoms with van der Waals surface area (Å²) in [5, 5.41) is 0. The first-order chi connectivity index (χ1) is 9.20. The second-order valence-corrected chi connectivity index (χ2v) is 4.46. The van der Waals surface area contributed by atoms with Crippen LogP contribution in [0.4, 0.5) is 0 Å². The molecule has 1 unspecified atom stereocenters. The lowest BCUT2D eigenvalue weighted by Crippen LogP contribution is -1.96. The highest BCUT2D eigenvalue weighted by Gasteiger charge is 2.08. The van der Waals surface area contributed by atoms with Gasteiger partial charge in [0.25, 0.3) is 0 Å². The molecule has 0 radical (unpaired) electrons. The van der Waals surface area contributed by atoms with Crippen LogP contribution < -0.4 is 4.74 Å². The van der Waals surface area contributed by atoms with Gasteiger partial charge < -0.3 is 4.74 Å². The number of aryl methyl sites for hydroxylation is 1. The first-order valence-corrected chi connectivity index (χ1v) is 6.29. The van der Waals surface area contributed by atoms with E-state index in [1.54, 1.807) is 13.3 Å². The number of hydrogen-bond donors (Lipinski definition) is 0. The zero-order chi connectivity index (χ0) is 13.7. The second kappa shape index (κ2) is 6.14. The summed E-state index contributed by atoms with van der Waals surface area (Å²) in [7, 11) is 1.68. The highest BCUT2D eigenvalue weighted by Crippen LogP contribution is 2.26. The van der Waals surface area contributed by atoms with Crippen LogP contribution in [0, 0.1) is 6.92 Å². The Morgan fingerprint density at radius 1 is 1.21 bits per heavy atom. The van der Waals surface area contributed by atoms with E-state index in [9.17, 15) is 0 Å². The number of aromatic nitrogens is 1. The van der Waals surface area contributed by atoms with Crippen LogP contribution in [0.3, 0.4) is 0 Å². The summed E-state index contributed by atoms with van der Waals surface area (Å²) in [6.07, 6.45) is 3.64. The van der Waals surface area contributed by atoms with Crippen molar-refractivity contribution in [2.75, 3.05) is 7.11 Å². The molecular weight excluding hydrogens is 236 g/mol. The summed E-state index contributed by atoms with van der Waals surface area (Å²) in [5.41, 5.74) is 3.09. The smallest absolute Gasteiger partial charge is 0.124 e. The number of ether oxygens (including phenoxy) is 1. The van der Waals surface area contributed by atoms with Crippen molar-refractivity contribution in [3.63, 3.8) is 0 Å². The van der Waals surface area contributed by atoms with Gasteiger partial charge in [0.05, 0.1) is 18.8 Å². The van der Waals surface area contributed by atoms with Crippen LogP contribution in [0.1, 0.15) is 29.8 Å². The summed E-state index contributed by atoms with van der Waals surface area (Å²) in [6.45, 7) is 4.06. The Morgan fingerprint density at radius 2 is 2.00 bits per heavy atom. The molecule has 0 saturated heterocycles. The lowest BCUT2D eigenvalue weighted by Gasteiger charge is -2.11. The number of para-hydroxylation sites is 1. The molecule has 1 atom stereocenters. The molecule has 1 aromatic carbocycles. The average molecular weight is 254 g/mol. The molecule has 0 aliphatic carbocycles. The molecule has 0 aliphatic heterocycles. The number of pyridine rings is 1. The van der Waals surface area contributed by atoms with Crippen LogP contribution in [0.2, 0.25) is 0 Å². The molecule has 0 N–H and O–H groups in total. The Balaban J connectivity index is 2.16. The Hall–Kier alpha value is -2.16. The standard InChI is InChI=1S/C16H18N2O/c1-12-8-9-14(18-10-12)11-17-13(2)15-6-4-5-7-16(15)19-3/h4-11,13H,1-3H3/b17-11-. The van der Waals surface area contributed by atoms with Crippen LogP contribution in [0.15, 0.2) is 47.6 Å². The maximum Gasteiger partial charge on any atom is 0.124 e.